The Labute approximate surface area is 169 Å². The zero-order chi connectivity index (χ0) is 20.4. The number of rotatable bonds is 4. The van der Waals surface area contributed by atoms with Crippen molar-refractivity contribution in [3.8, 4) is 0 Å². The van der Waals surface area contributed by atoms with Crippen molar-refractivity contribution >= 4 is 23.5 Å². The molecule has 0 radical (unpaired) electrons. The number of urea groups is 1. The van der Waals surface area contributed by atoms with Crippen LogP contribution in [-0.4, -0.2) is 65.9 Å². The van der Waals surface area contributed by atoms with Gasteiger partial charge < -0.3 is 15.1 Å². The maximum Gasteiger partial charge on any atom is 0.325 e. The second kappa shape index (κ2) is 8.00. The maximum atomic E-state index is 13.1. The van der Waals surface area contributed by atoms with Gasteiger partial charge in [-0.25, -0.2) is 9.18 Å². The molecule has 0 unspecified atom stereocenters. The van der Waals surface area contributed by atoms with Gasteiger partial charge in [-0.3, -0.25) is 14.5 Å². The van der Waals surface area contributed by atoms with Crippen LogP contribution in [0.3, 0.4) is 0 Å². The Morgan fingerprint density at radius 2 is 1.72 bits per heavy atom. The normalized spacial score (nSPS) is 21.6. The van der Waals surface area contributed by atoms with E-state index >= 15 is 0 Å². The van der Waals surface area contributed by atoms with Crippen LogP contribution in [0, 0.1) is 5.82 Å². The van der Waals surface area contributed by atoms with Gasteiger partial charge in [-0.2, -0.15) is 0 Å². The fourth-order valence-corrected chi connectivity index (χ4v) is 4.64. The quantitative estimate of drug-likeness (QED) is 0.783. The molecule has 2 heterocycles. The van der Waals surface area contributed by atoms with Crippen LogP contribution >= 0.6 is 0 Å². The second-order valence-electron chi connectivity index (χ2n) is 8.12. The molecule has 156 valence electrons. The zero-order valence-electron chi connectivity index (χ0n) is 16.5. The Morgan fingerprint density at radius 3 is 2.45 bits per heavy atom. The molecule has 4 rings (SSSR count). The Kier molecular flexibility index (Phi) is 5.43. The summed E-state index contributed by atoms with van der Waals surface area (Å²) in [6, 6.07) is 6.02. The third kappa shape index (κ3) is 3.93. The number of anilines is 1. The van der Waals surface area contributed by atoms with E-state index < -0.39 is 5.54 Å². The SMILES string of the molecule is O=C(CCN1C(=O)NC2(CCCC2)C1=O)N1CCCN(c2ccc(F)cc2)CC1. The minimum absolute atomic E-state index is 0.0427. The molecule has 7 nitrogen and oxygen atoms in total. The number of nitrogens with zero attached hydrogens (tertiary/aromatic N) is 3. The van der Waals surface area contributed by atoms with E-state index in [9.17, 15) is 18.8 Å². The first kappa shape index (κ1) is 19.7. The van der Waals surface area contributed by atoms with E-state index in [1.165, 1.54) is 17.0 Å². The molecule has 3 fully saturated rings. The van der Waals surface area contributed by atoms with Crippen molar-refractivity contribution in [2.75, 3.05) is 37.6 Å². The van der Waals surface area contributed by atoms with Crippen LogP contribution in [0.4, 0.5) is 14.9 Å². The number of halogens is 1. The molecule has 2 saturated heterocycles. The van der Waals surface area contributed by atoms with Gasteiger partial charge in [0.15, 0.2) is 0 Å². The van der Waals surface area contributed by atoms with E-state index in [0.717, 1.165) is 31.5 Å². The van der Waals surface area contributed by atoms with Crippen LogP contribution < -0.4 is 10.2 Å². The van der Waals surface area contributed by atoms with Gasteiger partial charge in [-0.05, 0) is 43.5 Å². The van der Waals surface area contributed by atoms with E-state index in [1.54, 1.807) is 17.0 Å². The molecule has 4 amide bonds. The Hall–Kier alpha value is -2.64. The van der Waals surface area contributed by atoms with E-state index in [0.29, 0.717) is 32.5 Å². The first-order valence-corrected chi connectivity index (χ1v) is 10.4. The lowest BCUT2D eigenvalue weighted by Gasteiger charge is -2.24. The first-order valence-electron chi connectivity index (χ1n) is 10.4. The number of hydrogen-bond donors (Lipinski definition) is 1. The number of carbonyl (C=O) groups is 3. The van der Waals surface area contributed by atoms with Crippen molar-refractivity contribution in [3.05, 3.63) is 30.1 Å². The lowest BCUT2D eigenvalue weighted by Crippen LogP contribution is -2.44. The standard InChI is InChI=1S/C21H27FN4O3/c22-16-4-6-17(7-5-16)24-11-3-12-25(15-14-24)18(27)8-13-26-19(28)21(23-20(26)29)9-1-2-10-21/h4-7H,1-3,8-15H2,(H,23,29). The average molecular weight is 402 g/mol. The van der Waals surface area contributed by atoms with Crippen LogP contribution in [0.5, 0.6) is 0 Å². The largest absolute Gasteiger partial charge is 0.370 e. The van der Waals surface area contributed by atoms with E-state index in [1.807, 2.05) is 0 Å². The summed E-state index contributed by atoms with van der Waals surface area (Å²) < 4.78 is 13.1. The molecule has 2 aliphatic heterocycles. The number of amides is 4. The summed E-state index contributed by atoms with van der Waals surface area (Å²) in [5.41, 5.74) is 0.222. The topological polar surface area (TPSA) is 73.0 Å². The minimum atomic E-state index is -0.724. The van der Waals surface area contributed by atoms with Crippen molar-refractivity contribution in [1.29, 1.82) is 0 Å². The fraction of sp³-hybridized carbons (Fsp3) is 0.571. The maximum absolute atomic E-state index is 13.1. The molecule has 1 aromatic rings. The number of carbonyl (C=O) groups excluding carboxylic acids is 3. The fourth-order valence-electron chi connectivity index (χ4n) is 4.64. The third-order valence-electron chi connectivity index (χ3n) is 6.29. The monoisotopic (exact) mass is 402 g/mol. The van der Waals surface area contributed by atoms with Gasteiger partial charge in [0, 0.05) is 44.8 Å². The number of hydrogen-bond acceptors (Lipinski definition) is 4. The lowest BCUT2D eigenvalue weighted by molar-refractivity contribution is -0.133. The van der Waals surface area contributed by atoms with Gasteiger partial charge in [0.25, 0.3) is 5.91 Å². The molecule has 8 heteroatoms. The molecule has 3 aliphatic rings. The van der Waals surface area contributed by atoms with Crippen LogP contribution in [0.15, 0.2) is 24.3 Å². The molecule has 1 aliphatic carbocycles. The summed E-state index contributed by atoms with van der Waals surface area (Å²) in [7, 11) is 0. The summed E-state index contributed by atoms with van der Waals surface area (Å²) in [5, 5.41) is 2.85. The van der Waals surface area contributed by atoms with Crippen LogP contribution in [0.1, 0.15) is 38.5 Å². The molecule has 1 aromatic carbocycles. The summed E-state index contributed by atoms with van der Waals surface area (Å²) in [6.07, 6.45) is 4.22. The predicted molar refractivity (Wildman–Crippen MR) is 106 cm³/mol. The van der Waals surface area contributed by atoms with Crippen molar-refractivity contribution in [2.24, 2.45) is 0 Å². The van der Waals surface area contributed by atoms with Crippen molar-refractivity contribution in [2.45, 2.75) is 44.1 Å². The van der Waals surface area contributed by atoms with Gasteiger partial charge in [0.05, 0.1) is 0 Å². The van der Waals surface area contributed by atoms with Crippen molar-refractivity contribution < 1.29 is 18.8 Å². The summed E-state index contributed by atoms with van der Waals surface area (Å²) in [5.74, 6) is -0.481. The number of benzene rings is 1. The highest BCUT2D eigenvalue weighted by Gasteiger charge is 2.52. The molecule has 0 aromatic heterocycles. The highest BCUT2D eigenvalue weighted by atomic mass is 19.1. The predicted octanol–water partition coefficient (Wildman–Crippen LogP) is 2.12. The summed E-state index contributed by atoms with van der Waals surface area (Å²) >= 11 is 0. The Balaban J connectivity index is 1.30. The zero-order valence-corrected chi connectivity index (χ0v) is 16.5. The second-order valence-corrected chi connectivity index (χ2v) is 8.12. The summed E-state index contributed by atoms with van der Waals surface area (Å²) in [4.78, 5) is 42.8. The van der Waals surface area contributed by atoms with Gasteiger partial charge in [-0.1, -0.05) is 12.8 Å². The molecule has 0 atom stereocenters. The minimum Gasteiger partial charge on any atom is -0.370 e. The molecule has 1 N–H and O–H groups in total. The van der Waals surface area contributed by atoms with Crippen LogP contribution in [-0.2, 0) is 9.59 Å². The van der Waals surface area contributed by atoms with E-state index in [-0.39, 0.29) is 36.6 Å². The Bertz CT molecular complexity index is 792. The molecule has 0 bridgehead atoms. The number of nitrogens with one attached hydrogen (secondary N) is 1. The lowest BCUT2D eigenvalue weighted by atomic mass is 9.98. The first-order chi connectivity index (χ1) is 14.0. The third-order valence-corrected chi connectivity index (χ3v) is 6.29. The smallest absolute Gasteiger partial charge is 0.325 e. The van der Waals surface area contributed by atoms with Gasteiger partial charge in [0.2, 0.25) is 5.91 Å². The Morgan fingerprint density at radius 1 is 1.00 bits per heavy atom. The summed E-state index contributed by atoms with van der Waals surface area (Å²) in [6.45, 7) is 2.80. The number of imide groups is 1. The highest BCUT2D eigenvalue weighted by Crippen LogP contribution is 2.35. The van der Waals surface area contributed by atoms with E-state index in [2.05, 4.69) is 10.2 Å². The van der Waals surface area contributed by atoms with Crippen LogP contribution in [0.25, 0.3) is 0 Å². The molecule has 1 spiro atoms. The van der Waals surface area contributed by atoms with Crippen LogP contribution in [0.2, 0.25) is 0 Å². The molecular formula is C21H27FN4O3. The molecule has 1 saturated carbocycles. The van der Waals surface area contributed by atoms with Crippen molar-refractivity contribution in [3.63, 3.8) is 0 Å². The van der Waals surface area contributed by atoms with Gasteiger partial charge >= 0.3 is 6.03 Å². The highest BCUT2D eigenvalue weighted by molar-refractivity contribution is 6.07. The average Bonchev–Trinajstić information content (AvgIpc) is 3.16. The van der Waals surface area contributed by atoms with Gasteiger partial charge in [-0.15, -0.1) is 0 Å². The van der Waals surface area contributed by atoms with Crippen molar-refractivity contribution in [1.82, 2.24) is 15.1 Å². The van der Waals surface area contributed by atoms with E-state index in [4.69, 9.17) is 0 Å². The molecule has 29 heavy (non-hydrogen) atoms. The van der Waals surface area contributed by atoms with Gasteiger partial charge in [0.1, 0.15) is 11.4 Å². The molecular weight excluding hydrogens is 375 g/mol.